The number of nitrogens with two attached hydrogens (primary N) is 1. The van der Waals surface area contributed by atoms with Crippen molar-refractivity contribution < 1.29 is 4.39 Å². The second-order valence-corrected chi connectivity index (χ2v) is 5.71. The first-order valence-electron chi connectivity index (χ1n) is 6.43. The molecule has 0 spiro atoms. The number of nitrogens with one attached hydrogen (secondary N) is 1. The third-order valence-corrected chi connectivity index (χ3v) is 3.89. The van der Waals surface area contributed by atoms with Crippen LogP contribution in [0.4, 0.5) is 10.2 Å². The van der Waals surface area contributed by atoms with Gasteiger partial charge >= 0.3 is 0 Å². The van der Waals surface area contributed by atoms with Gasteiger partial charge in [0.15, 0.2) is 5.82 Å². The molecule has 0 aliphatic carbocycles. The fraction of sp³-hybridized carbons (Fsp3) is 0.0625. The molecule has 1 heterocycles. The quantitative estimate of drug-likeness (QED) is 0.716. The van der Waals surface area contributed by atoms with Crippen LogP contribution in [0.15, 0.2) is 46.9 Å². The van der Waals surface area contributed by atoms with Gasteiger partial charge in [0.05, 0.1) is 11.3 Å². The minimum absolute atomic E-state index is 0.289. The number of aryl methyl sites for hydroxylation is 1. The fourth-order valence-electron chi connectivity index (χ4n) is 2.40. The molecule has 0 saturated carbocycles. The highest BCUT2D eigenvalue weighted by Crippen LogP contribution is 2.37. The van der Waals surface area contributed by atoms with Crippen molar-refractivity contribution in [2.75, 3.05) is 5.73 Å². The molecule has 1 aromatic heterocycles. The summed E-state index contributed by atoms with van der Waals surface area (Å²) >= 11 is 3.44. The molecule has 0 aliphatic heterocycles. The summed E-state index contributed by atoms with van der Waals surface area (Å²) in [5, 5.41) is 6.97. The predicted molar refractivity (Wildman–Crippen MR) is 86.3 cm³/mol. The molecule has 0 aliphatic rings. The molecule has 3 aromatic rings. The Bertz CT molecular complexity index is 811. The first-order valence-corrected chi connectivity index (χ1v) is 7.22. The highest BCUT2D eigenvalue weighted by Gasteiger charge is 2.18. The Balaban J connectivity index is 2.25. The van der Waals surface area contributed by atoms with E-state index in [2.05, 4.69) is 26.1 Å². The van der Waals surface area contributed by atoms with Crippen molar-refractivity contribution in [1.29, 1.82) is 0 Å². The molecule has 3 nitrogen and oxygen atoms in total. The van der Waals surface area contributed by atoms with Crippen molar-refractivity contribution in [1.82, 2.24) is 10.2 Å². The number of anilines is 1. The molecule has 3 N–H and O–H groups in total. The summed E-state index contributed by atoms with van der Waals surface area (Å²) in [5.41, 5.74) is 9.70. The van der Waals surface area contributed by atoms with E-state index in [0.29, 0.717) is 11.1 Å². The molecular weight excluding hydrogens is 333 g/mol. The van der Waals surface area contributed by atoms with Crippen LogP contribution in [0.3, 0.4) is 0 Å². The Hall–Kier alpha value is -2.14. The Kier molecular flexibility index (Phi) is 3.51. The molecule has 0 amide bonds. The summed E-state index contributed by atoms with van der Waals surface area (Å²) in [4.78, 5) is 0. The molecule has 2 aromatic carbocycles. The lowest BCUT2D eigenvalue weighted by molar-refractivity contribution is 0.631. The zero-order chi connectivity index (χ0) is 15.0. The molecule has 0 unspecified atom stereocenters. The number of hydrogen-bond donors (Lipinski definition) is 2. The van der Waals surface area contributed by atoms with Gasteiger partial charge in [-0.1, -0.05) is 40.2 Å². The Morgan fingerprint density at radius 2 is 1.90 bits per heavy atom. The van der Waals surface area contributed by atoms with E-state index in [1.807, 2.05) is 25.1 Å². The molecule has 0 atom stereocenters. The highest BCUT2D eigenvalue weighted by molar-refractivity contribution is 9.10. The van der Waals surface area contributed by atoms with Gasteiger partial charge in [-0.3, -0.25) is 5.10 Å². The molecule has 0 saturated heterocycles. The van der Waals surface area contributed by atoms with Gasteiger partial charge < -0.3 is 5.73 Å². The van der Waals surface area contributed by atoms with Gasteiger partial charge in [0.25, 0.3) is 0 Å². The van der Waals surface area contributed by atoms with E-state index < -0.39 is 0 Å². The monoisotopic (exact) mass is 345 g/mol. The SMILES string of the molecule is Cc1cc(Br)ccc1-c1[nH]nc(N)c1-c1ccccc1F. The van der Waals surface area contributed by atoms with Crippen LogP contribution in [0.25, 0.3) is 22.4 Å². The largest absolute Gasteiger partial charge is 0.382 e. The van der Waals surface area contributed by atoms with E-state index in [1.165, 1.54) is 6.07 Å². The summed E-state index contributed by atoms with van der Waals surface area (Å²) in [7, 11) is 0. The van der Waals surface area contributed by atoms with E-state index in [9.17, 15) is 4.39 Å². The first-order chi connectivity index (χ1) is 10.1. The van der Waals surface area contributed by atoms with Crippen molar-refractivity contribution >= 4 is 21.7 Å². The maximum absolute atomic E-state index is 14.1. The smallest absolute Gasteiger partial charge is 0.153 e. The minimum Gasteiger partial charge on any atom is -0.382 e. The van der Waals surface area contributed by atoms with E-state index in [1.54, 1.807) is 18.2 Å². The van der Waals surface area contributed by atoms with Gasteiger partial charge in [-0.15, -0.1) is 0 Å². The van der Waals surface area contributed by atoms with Crippen molar-refractivity contribution in [2.24, 2.45) is 0 Å². The number of aromatic amines is 1. The van der Waals surface area contributed by atoms with Crippen LogP contribution in [0.1, 0.15) is 5.56 Å². The molecule has 3 rings (SSSR count). The molecule has 5 heteroatoms. The third kappa shape index (κ3) is 2.45. The molecule has 0 bridgehead atoms. The summed E-state index contributed by atoms with van der Waals surface area (Å²) in [6, 6.07) is 12.4. The summed E-state index contributed by atoms with van der Waals surface area (Å²) < 4.78 is 15.1. The Morgan fingerprint density at radius 3 is 2.62 bits per heavy atom. The minimum atomic E-state index is -0.318. The maximum Gasteiger partial charge on any atom is 0.153 e. The molecule has 0 radical (unpaired) electrons. The lowest BCUT2D eigenvalue weighted by Crippen LogP contribution is -1.92. The van der Waals surface area contributed by atoms with E-state index in [-0.39, 0.29) is 11.6 Å². The summed E-state index contributed by atoms with van der Waals surface area (Å²) in [5.74, 6) is -0.0287. The first kappa shape index (κ1) is 13.8. The standard InChI is InChI=1S/C16H13BrFN3/c1-9-8-10(17)6-7-11(9)15-14(16(19)21-20-15)12-4-2-3-5-13(12)18/h2-8H,1H3,(H3,19,20,21). The summed E-state index contributed by atoms with van der Waals surface area (Å²) in [6.45, 7) is 1.99. The topological polar surface area (TPSA) is 54.7 Å². The van der Waals surface area contributed by atoms with Crippen LogP contribution in [-0.4, -0.2) is 10.2 Å². The van der Waals surface area contributed by atoms with Crippen LogP contribution < -0.4 is 5.73 Å². The fourth-order valence-corrected chi connectivity index (χ4v) is 2.87. The summed E-state index contributed by atoms with van der Waals surface area (Å²) in [6.07, 6.45) is 0. The average Bonchev–Trinajstić information content (AvgIpc) is 2.81. The van der Waals surface area contributed by atoms with Crippen molar-refractivity contribution in [3.05, 3.63) is 58.3 Å². The number of H-pyrrole nitrogens is 1. The average molecular weight is 346 g/mol. The van der Waals surface area contributed by atoms with Gasteiger partial charge in [-0.2, -0.15) is 5.10 Å². The van der Waals surface area contributed by atoms with Crippen molar-refractivity contribution in [3.8, 4) is 22.4 Å². The van der Waals surface area contributed by atoms with Crippen LogP contribution >= 0.6 is 15.9 Å². The van der Waals surface area contributed by atoms with Gasteiger partial charge in [-0.25, -0.2) is 4.39 Å². The van der Waals surface area contributed by atoms with Gasteiger partial charge in [0.2, 0.25) is 0 Å². The number of aromatic nitrogens is 2. The lowest BCUT2D eigenvalue weighted by Gasteiger charge is -2.09. The van der Waals surface area contributed by atoms with Crippen LogP contribution in [0.5, 0.6) is 0 Å². The third-order valence-electron chi connectivity index (χ3n) is 3.40. The van der Waals surface area contributed by atoms with E-state index >= 15 is 0 Å². The molecule has 21 heavy (non-hydrogen) atoms. The van der Waals surface area contributed by atoms with Gasteiger partial charge in [0, 0.05) is 15.6 Å². The second-order valence-electron chi connectivity index (χ2n) is 4.80. The molecule has 0 fully saturated rings. The van der Waals surface area contributed by atoms with Crippen LogP contribution in [0.2, 0.25) is 0 Å². The number of nitrogens with zero attached hydrogens (tertiary/aromatic N) is 1. The Morgan fingerprint density at radius 1 is 1.14 bits per heavy atom. The van der Waals surface area contributed by atoms with Gasteiger partial charge in [-0.05, 0) is 30.7 Å². The number of nitrogen functional groups attached to an aromatic ring is 1. The zero-order valence-electron chi connectivity index (χ0n) is 11.3. The zero-order valence-corrected chi connectivity index (χ0v) is 12.9. The molecule has 106 valence electrons. The Labute approximate surface area is 130 Å². The predicted octanol–water partition coefficient (Wildman–Crippen LogP) is 4.54. The number of halogens is 2. The van der Waals surface area contributed by atoms with Crippen molar-refractivity contribution in [2.45, 2.75) is 6.92 Å². The number of hydrogen-bond acceptors (Lipinski definition) is 2. The molecular formula is C16H13BrFN3. The number of rotatable bonds is 2. The number of benzene rings is 2. The second kappa shape index (κ2) is 5.33. The highest BCUT2D eigenvalue weighted by atomic mass is 79.9. The lowest BCUT2D eigenvalue weighted by atomic mass is 9.98. The van der Waals surface area contributed by atoms with Crippen LogP contribution in [0, 0.1) is 12.7 Å². The van der Waals surface area contributed by atoms with Gasteiger partial charge in [0.1, 0.15) is 5.82 Å². The van der Waals surface area contributed by atoms with Crippen LogP contribution in [-0.2, 0) is 0 Å². The van der Waals surface area contributed by atoms with E-state index in [0.717, 1.165) is 21.3 Å². The van der Waals surface area contributed by atoms with E-state index in [4.69, 9.17) is 5.73 Å². The maximum atomic E-state index is 14.1. The van der Waals surface area contributed by atoms with Crippen molar-refractivity contribution in [3.63, 3.8) is 0 Å². The normalized spacial score (nSPS) is 10.8.